The van der Waals surface area contributed by atoms with Crippen LogP contribution in [0.5, 0.6) is 5.75 Å². The summed E-state index contributed by atoms with van der Waals surface area (Å²) in [6.45, 7) is 5.98. The van der Waals surface area contributed by atoms with Crippen LogP contribution < -0.4 is 14.4 Å². The second-order valence-corrected chi connectivity index (χ2v) is 14.1. The molecule has 39 heavy (non-hydrogen) atoms. The Hall–Kier alpha value is -3.41. The number of hydrogen-bond donors (Lipinski definition) is 1. The highest BCUT2D eigenvalue weighted by Crippen LogP contribution is 2.40. The lowest BCUT2D eigenvalue weighted by Crippen LogP contribution is -2.49. The van der Waals surface area contributed by atoms with Crippen LogP contribution in [0.3, 0.4) is 0 Å². The normalized spacial score (nSPS) is 15.4. The third-order valence-corrected chi connectivity index (χ3v) is 10.00. The Kier molecular flexibility index (Phi) is 7.66. The van der Waals surface area contributed by atoms with Gasteiger partial charge in [0.2, 0.25) is 5.13 Å². The molecule has 1 N–H and O–H groups in total. The van der Waals surface area contributed by atoms with Gasteiger partial charge in [-0.2, -0.15) is 0 Å². The highest BCUT2D eigenvalue weighted by molar-refractivity contribution is 8.00. The van der Waals surface area contributed by atoms with Gasteiger partial charge in [-0.25, -0.2) is 8.42 Å². The predicted octanol–water partition coefficient (Wildman–Crippen LogP) is 5.72. The summed E-state index contributed by atoms with van der Waals surface area (Å²) in [6.07, 6.45) is -1.08. The number of carbonyl (C=O) groups is 1. The molecule has 1 aliphatic rings. The van der Waals surface area contributed by atoms with Crippen molar-refractivity contribution in [3.8, 4) is 5.75 Å². The number of ether oxygens (including phenoxy) is 1. The average molecular weight is 581 g/mol. The topological polar surface area (TPSA) is 101 Å². The van der Waals surface area contributed by atoms with Crippen LogP contribution in [0, 0.1) is 0 Å². The minimum atomic E-state index is -3.96. The Morgan fingerprint density at radius 1 is 1.05 bits per heavy atom. The fourth-order valence-electron chi connectivity index (χ4n) is 4.03. The molecule has 0 saturated heterocycles. The maximum atomic E-state index is 13.7. The van der Waals surface area contributed by atoms with E-state index in [1.807, 2.05) is 42.5 Å². The number of nitrogens with zero attached hydrogens (tertiary/aromatic N) is 3. The van der Waals surface area contributed by atoms with Gasteiger partial charge in [-0.1, -0.05) is 98.5 Å². The molecule has 1 aromatic heterocycles. The van der Waals surface area contributed by atoms with E-state index in [4.69, 9.17) is 4.74 Å². The van der Waals surface area contributed by atoms with E-state index in [-0.39, 0.29) is 16.9 Å². The van der Waals surface area contributed by atoms with Gasteiger partial charge in [-0.3, -0.25) is 14.4 Å². The Morgan fingerprint density at radius 2 is 1.74 bits per heavy atom. The van der Waals surface area contributed by atoms with Gasteiger partial charge in [-0.15, -0.1) is 10.2 Å². The molecule has 0 aliphatic carbocycles. The Balaban J connectivity index is 1.38. The molecule has 2 heterocycles. The lowest BCUT2D eigenvalue weighted by molar-refractivity contribution is -0.122. The minimum absolute atomic E-state index is 0.141. The predicted molar refractivity (Wildman–Crippen MR) is 155 cm³/mol. The highest BCUT2D eigenvalue weighted by Gasteiger charge is 2.38. The van der Waals surface area contributed by atoms with E-state index >= 15 is 0 Å². The molecule has 0 radical (unpaired) electrons. The molecule has 0 unspecified atom stereocenters. The quantitative estimate of drug-likeness (QED) is 0.220. The van der Waals surface area contributed by atoms with Crippen LogP contribution >= 0.6 is 23.1 Å². The van der Waals surface area contributed by atoms with E-state index in [0.29, 0.717) is 20.9 Å². The highest BCUT2D eigenvalue weighted by atomic mass is 32.2. The van der Waals surface area contributed by atoms with Crippen molar-refractivity contribution in [1.29, 1.82) is 0 Å². The van der Waals surface area contributed by atoms with Gasteiger partial charge in [0.25, 0.3) is 15.9 Å². The maximum absolute atomic E-state index is 13.7. The number of hydrogen-bond acceptors (Lipinski definition) is 8. The number of thioether (sulfide) groups is 1. The van der Waals surface area contributed by atoms with Crippen LogP contribution in [0.15, 0.2) is 88.1 Å². The molecule has 202 valence electrons. The molecule has 1 aliphatic heterocycles. The van der Waals surface area contributed by atoms with Crippen molar-refractivity contribution in [3.63, 3.8) is 0 Å². The van der Waals surface area contributed by atoms with E-state index < -0.39 is 22.0 Å². The zero-order valence-electron chi connectivity index (χ0n) is 21.7. The van der Waals surface area contributed by atoms with Crippen molar-refractivity contribution in [2.75, 3.05) is 16.2 Å². The number of nitrogens with one attached hydrogen (secondary N) is 1. The first-order chi connectivity index (χ1) is 18.6. The number of carbonyl (C=O) groups excluding carboxylic acids is 1. The molecule has 1 amide bonds. The van der Waals surface area contributed by atoms with Gasteiger partial charge < -0.3 is 4.74 Å². The van der Waals surface area contributed by atoms with Gasteiger partial charge in [0.15, 0.2) is 10.4 Å². The first-order valence-corrected chi connectivity index (χ1v) is 15.6. The zero-order chi connectivity index (χ0) is 27.6. The van der Waals surface area contributed by atoms with E-state index in [9.17, 15) is 13.2 Å². The number of aromatic nitrogens is 2. The molecular weight excluding hydrogens is 553 g/mol. The number of benzene rings is 3. The molecular formula is C28H28N4O4S3. The molecule has 5 rings (SSSR count). The summed E-state index contributed by atoms with van der Waals surface area (Å²) in [7, 11) is -3.96. The fourth-order valence-corrected chi connectivity index (χ4v) is 7.23. The first kappa shape index (κ1) is 27.2. The summed E-state index contributed by atoms with van der Waals surface area (Å²) in [4.78, 5) is 13.4. The van der Waals surface area contributed by atoms with E-state index in [1.54, 1.807) is 36.4 Å². The van der Waals surface area contributed by atoms with Gasteiger partial charge in [-0.05, 0) is 40.8 Å². The number of rotatable bonds is 7. The van der Waals surface area contributed by atoms with Gasteiger partial charge in [0.05, 0.1) is 17.1 Å². The van der Waals surface area contributed by atoms with Crippen molar-refractivity contribution in [2.45, 2.75) is 47.3 Å². The molecule has 0 saturated carbocycles. The summed E-state index contributed by atoms with van der Waals surface area (Å²) in [5, 5.41) is 11.3. The number of amides is 1. The molecule has 11 heteroatoms. The van der Waals surface area contributed by atoms with Crippen LogP contribution in [0.4, 0.5) is 10.8 Å². The SMILES string of the molecule is CC(C)(C)c1ccc2c(c1)N(S(=O)(=O)c1ccccc1)C[C@@H](C(=O)Nc1nnc(SCc3ccccc3)s1)O2. The van der Waals surface area contributed by atoms with Gasteiger partial charge in [0.1, 0.15) is 5.75 Å². The molecule has 3 aromatic carbocycles. The Bertz CT molecular complexity index is 1570. The van der Waals surface area contributed by atoms with Crippen molar-refractivity contribution in [2.24, 2.45) is 0 Å². The monoisotopic (exact) mass is 580 g/mol. The first-order valence-electron chi connectivity index (χ1n) is 12.3. The van der Waals surface area contributed by atoms with Crippen LogP contribution in [0.2, 0.25) is 0 Å². The van der Waals surface area contributed by atoms with E-state index in [1.165, 1.54) is 27.4 Å². The van der Waals surface area contributed by atoms with Crippen molar-refractivity contribution in [3.05, 3.63) is 90.0 Å². The van der Waals surface area contributed by atoms with Crippen LogP contribution in [-0.2, 0) is 26.0 Å². The maximum Gasteiger partial charge on any atom is 0.269 e. The van der Waals surface area contributed by atoms with E-state index in [2.05, 4.69) is 36.3 Å². The lowest BCUT2D eigenvalue weighted by Gasteiger charge is -2.35. The summed E-state index contributed by atoms with van der Waals surface area (Å²) >= 11 is 2.79. The third-order valence-electron chi connectivity index (χ3n) is 6.16. The molecule has 0 fully saturated rings. The number of fused-ring (bicyclic) bond motifs is 1. The summed E-state index contributed by atoms with van der Waals surface area (Å²) in [5.41, 5.74) is 2.31. The molecule has 0 spiro atoms. The van der Waals surface area contributed by atoms with E-state index in [0.717, 1.165) is 16.9 Å². The molecule has 4 aromatic rings. The molecule has 8 nitrogen and oxygen atoms in total. The smallest absolute Gasteiger partial charge is 0.269 e. The third kappa shape index (κ3) is 6.10. The zero-order valence-corrected chi connectivity index (χ0v) is 24.1. The summed E-state index contributed by atoms with van der Waals surface area (Å²) in [5.74, 6) is 0.560. The number of anilines is 2. The lowest BCUT2D eigenvalue weighted by atomic mass is 9.86. The number of sulfonamides is 1. The fraction of sp³-hybridized carbons (Fsp3) is 0.250. The second-order valence-electron chi connectivity index (χ2n) is 10.0. The Morgan fingerprint density at radius 3 is 2.44 bits per heavy atom. The van der Waals surface area contributed by atoms with Crippen LogP contribution in [0.1, 0.15) is 31.9 Å². The Labute approximate surface area is 236 Å². The van der Waals surface area contributed by atoms with Gasteiger partial charge in [0, 0.05) is 5.75 Å². The second kappa shape index (κ2) is 11.0. The largest absolute Gasteiger partial charge is 0.476 e. The minimum Gasteiger partial charge on any atom is -0.476 e. The van der Waals surface area contributed by atoms with Crippen LogP contribution in [0.25, 0.3) is 0 Å². The van der Waals surface area contributed by atoms with Crippen molar-refractivity contribution < 1.29 is 17.9 Å². The average Bonchev–Trinajstić information content (AvgIpc) is 3.38. The van der Waals surface area contributed by atoms with Crippen LogP contribution in [-0.4, -0.2) is 37.2 Å². The molecule has 1 atom stereocenters. The summed E-state index contributed by atoms with van der Waals surface area (Å²) in [6, 6.07) is 23.6. The molecule has 0 bridgehead atoms. The van der Waals surface area contributed by atoms with Crippen molar-refractivity contribution >= 4 is 49.8 Å². The van der Waals surface area contributed by atoms with Gasteiger partial charge >= 0.3 is 0 Å². The summed E-state index contributed by atoms with van der Waals surface area (Å²) < 4.78 is 35.5. The standard InChI is InChI=1S/C28H28N4O4S3/c1-28(2,3)20-14-15-23-22(16-20)32(39(34,35)21-12-8-5-9-13-21)17-24(36-23)25(33)29-26-30-31-27(38-26)37-18-19-10-6-4-7-11-19/h4-16,24H,17-18H2,1-3H3,(H,29,30,33)/t24-/m0/s1. The van der Waals surface area contributed by atoms with Crippen molar-refractivity contribution in [1.82, 2.24) is 10.2 Å².